The summed E-state index contributed by atoms with van der Waals surface area (Å²) in [6, 6.07) is 3.62. The number of amides is 2. The summed E-state index contributed by atoms with van der Waals surface area (Å²) >= 11 is 0. The van der Waals surface area contributed by atoms with Crippen LogP contribution < -0.4 is 5.32 Å². The van der Waals surface area contributed by atoms with Crippen LogP contribution in [0.4, 0.5) is 0 Å². The van der Waals surface area contributed by atoms with Crippen molar-refractivity contribution in [2.45, 2.75) is 32.1 Å². The number of nitrogens with zero attached hydrogens (tertiary/aromatic N) is 4. The maximum atomic E-state index is 12.0. The molecule has 3 heterocycles. The normalized spacial score (nSPS) is 14.3. The van der Waals surface area contributed by atoms with Gasteiger partial charge in [0.05, 0.1) is 6.54 Å². The Morgan fingerprint density at radius 2 is 2.08 bits per heavy atom. The number of rotatable bonds is 6. The summed E-state index contributed by atoms with van der Waals surface area (Å²) in [6.07, 6.45) is 7.08. The van der Waals surface area contributed by atoms with Crippen LogP contribution in [0.2, 0.25) is 0 Å². The van der Waals surface area contributed by atoms with Crippen LogP contribution in [0, 0.1) is 0 Å². The highest BCUT2D eigenvalue weighted by Crippen LogP contribution is 2.14. The van der Waals surface area contributed by atoms with E-state index in [0.717, 1.165) is 31.5 Å². The summed E-state index contributed by atoms with van der Waals surface area (Å²) in [5.74, 6) is 0.608. The molecule has 3 rings (SSSR count). The fraction of sp³-hybridized carbons (Fsp3) is 0.471. The molecule has 0 radical (unpaired) electrons. The van der Waals surface area contributed by atoms with E-state index in [1.165, 1.54) is 6.42 Å². The second-order valence-corrected chi connectivity index (χ2v) is 5.97. The van der Waals surface area contributed by atoms with Gasteiger partial charge in [-0.05, 0) is 31.4 Å². The number of hydrogen-bond donors (Lipinski definition) is 1. The van der Waals surface area contributed by atoms with E-state index in [1.807, 2.05) is 11.0 Å². The van der Waals surface area contributed by atoms with Crippen LogP contribution in [0.3, 0.4) is 0 Å². The molecule has 1 fully saturated rings. The molecule has 8 heteroatoms. The van der Waals surface area contributed by atoms with Crippen molar-refractivity contribution in [1.82, 2.24) is 25.3 Å². The molecule has 1 N–H and O–H groups in total. The highest BCUT2D eigenvalue weighted by atomic mass is 16.5. The number of aromatic nitrogens is 3. The molecule has 1 aliphatic heterocycles. The molecule has 0 bridgehead atoms. The molecule has 8 nitrogen and oxygen atoms in total. The lowest BCUT2D eigenvalue weighted by Gasteiger charge is -2.26. The number of pyridine rings is 1. The molecule has 0 aliphatic carbocycles. The highest BCUT2D eigenvalue weighted by Gasteiger charge is 2.17. The standard InChI is InChI=1S/C17H21N5O3/c23-14(19-12-16(24)22-9-2-1-3-10-22)6-7-15-20-17(21-25-15)13-5-4-8-18-11-13/h4-5,8,11H,1-3,6-7,9-10,12H2,(H,19,23). The molecule has 0 atom stereocenters. The number of carbonyl (C=O) groups excluding carboxylic acids is 2. The van der Waals surface area contributed by atoms with Crippen LogP contribution in [0.5, 0.6) is 0 Å². The van der Waals surface area contributed by atoms with Gasteiger partial charge in [0.1, 0.15) is 0 Å². The molecule has 0 aromatic carbocycles. The van der Waals surface area contributed by atoms with E-state index in [2.05, 4.69) is 20.4 Å². The fourth-order valence-corrected chi connectivity index (χ4v) is 2.71. The van der Waals surface area contributed by atoms with E-state index >= 15 is 0 Å². The fourth-order valence-electron chi connectivity index (χ4n) is 2.71. The number of carbonyl (C=O) groups is 2. The van der Waals surface area contributed by atoms with Gasteiger partial charge in [-0.3, -0.25) is 14.6 Å². The van der Waals surface area contributed by atoms with Gasteiger partial charge >= 0.3 is 0 Å². The Morgan fingerprint density at radius 3 is 2.84 bits per heavy atom. The maximum absolute atomic E-state index is 12.0. The van der Waals surface area contributed by atoms with Crippen molar-refractivity contribution in [3.8, 4) is 11.4 Å². The van der Waals surface area contributed by atoms with Gasteiger partial charge in [-0.25, -0.2) is 0 Å². The van der Waals surface area contributed by atoms with Crippen molar-refractivity contribution in [3.05, 3.63) is 30.4 Å². The summed E-state index contributed by atoms with van der Waals surface area (Å²) in [6.45, 7) is 1.62. The Kier molecular flexibility index (Phi) is 5.71. The molecule has 2 aromatic heterocycles. The Bertz CT molecular complexity index is 710. The van der Waals surface area contributed by atoms with Crippen molar-refractivity contribution in [2.75, 3.05) is 19.6 Å². The maximum Gasteiger partial charge on any atom is 0.241 e. The average molecular weight is 343 g/mol. The van der Waals surface area contributed by atoms with Crippen LogP contribution in [-0.4, -0.2) is 51.5 Å². The Balaban J connectivity index is 1.42. The molecular formula is C17H21N5O3. The lowest BCUT2D eigenvalue weighted by molar-refractivity contribution is -0.133. The van der Waals surface area contributed by atoms with Crippen LogP contribution >= 0.6 is 0 Å². The smallest absolute Gasteiger partial charge is 0.241 e. The van der Waals surface area contributed by atoms with Crippen molar-refractivity contribution >= 4 is 11.8 Å². The summed E-state index contributed by atoms with van der Waals surface area (Å²) < 4.78 is 5.15. The zero-order chi connectivity index (χ0) is 17.5. The van der Waals surface area contributed by atoms with Crippen LogP contribution in [0.1, 0.15) is 31.6 Å². The molecule has 2 aromatic rings. The van der Waals surface area contributed by atoms with E-state index < -0.39 is 0 Å². The van der Waals surface area contributed by atoms with E-state index in [-0.39, 0.29) is 24.8 Å². The Morgan fingerprint density at radius 1 is 1.24 bits per heavy atom. The van der Waals surface area contributed by atoms with Gasteiger partial charge < -0.3 is 14.7 Å². The van der Waals surface area contributed by atoms with Gasteiger partial charge in [-0.1, -0.05) is 5.16 Å². The SMILES string of the molecule is O=C(CCc1nc(-c2cccnc2)no1)NCC(=O)N1CCCCC1. The minimum atomic E-state index is -0.202. The van der Waals surface area contributed by atoms with Gasteiger partial charge in [0.15, 0.2) is 0 Å². The zero-order valence-corrected chi connectivity index (χ0v) is 14.0. The lowest BCUT2D eigenvalue weighted by atomic mass is 10.1. The lowest BCUT2D eigenvalue weighted by Crippen LogP contribution is -2.42. The minimum absolute atomic E-state index is 0.0234. The topological polar surface area (TPSA) is 101 Å². The first-order valence-electron chi connectivity index (χ1n) is 8.50. The summed E-state index contributed by atoms with van der Waals surface area (Å²) in [4.78, 5) is 34.0. The van der Waals surface area contributed by atoms with Crippen molar-refractivity contribution in [2.24, 2.45) is 0 Å². The van der Waals surface area contributed by atoms with Gasteiger partial charge in [0.25, 0.3) is 0 Å². The molecule has 0 spiro atoms. The largest absolute Gasteiger partial charge is 0.347 e. The number of nitrogens with one attached hydrogen (secondary N) is 1. The minimum Gasteiger partial charge on any atom is -0.347 e. The van der Waals surface area contributed by atoms with E-state index in [0.29, 0.717) is 18.1 Å². The second-order valence-electron chi connectivity index (χ2n) is 5.97. The molecule has 0 unspecified atom stereocenters. The quantitative estimate of drug-likeness (QED) is 0.845. The summed E-state index contributed by atoms with van der Waals surface area (Å²) in [5.41, 5.74) is 0.758. The molecule has 1 saturated heterocycles. The Labute approximate surface area is 145 Å². The van der Waals surface area contributed by atoms with Gasteiger partial charge in [0, 0.05) is 43.9 Å². The number of piperidine rings is 1. The average Bonchev–Trinajstić information content (AvgIpc) is 3.15. The monoisotopic (exact) mass is 343 g/mol. The van der Waals surface area contributed by atoms with Crippen molar-refractivity contribution in [1.29, 1.82) is 0 Å². The van der Waals surface area contributed by atoms with Crippen LogP contribution in [0.15, 0.2) is 29.0 Å². The summed E-state index contributed by atoms with van der Waals surface area (Å²) in [7, 11) is 0. The van der Waals surface area contributed by atoms with Crippen LogP contribution in [0.25, 0.3) is 11.4 Å². The predicted octanol–water partition coefficient (Wildman–Crippen LogP) is 1.19. The van der Waals surface area contributed by atoms with E-state index in [4.69, 9.17) is 4.52 Å². The third kappa shape index (κ3) is 4.85. The first kappa shape index (κ1) is 17.1. The third-order valence-corrected chi connectivity index (χ3v) is 4.10. The van der Waals surface area contributed by atoms with Crippen molar-refractivity contribution in [3.63, 3.8) is 0 Å². The van der Waals surface area contributed by atoms with E-state index in [1.54, 1.807) is 18.5 Å². The van der Waals surface area contributed by atoms with Gasteiger partial charge in [-0.15, -0.1) is 0 Å². The second kappa shape index (κ2) is 8.36. The Hall–Kier alpha value is -2.77. The predicted molar refractivity (Wildman–Crippen MR) is 89.3 cm³/mol. The highest BCUT2D eigenvalue weighted by molar-refractivity contribution is 5.84. The first-order valence-corrected chi connectivity index (χ1v) is 8.50. The molecule has 25 heavy (non-hydrogen) atoms. The van der Waals surface area contributed by atoms with Crippen molar-refractivity contribution < 1.29 is 14.1 Å². The van der Waals surface area contributed by atoms with E-state index in [9.17, 15) is 9.59 Å². The van der Waals surface area contributed by atoms with Gasteiger partial charge in [-0.2, -0.15) is 4.98 Å². The van der Waals surface area contributed by atoms with Gasteiger partial charge in [0.2, 0.25) is 23.5 Å². The summed E-state index contributed by atoms with van der Waals surface area (Å²) in [5, 5.41) is 6.54. The van der Waals surface area contributed by atoms with Crippen LogP contribution in [-0.2, 0) is 16.0 Å². The molecule has 2 amide bonds. The number of aryl methyl sites for hydroxylation is 1. The molecule has 1 aliphatic rings. The molecular weight excluding hydrogens is 322 g/mol. The number of likely N-dealkylation sites (tertiary alicyclic amines) is 1. The zero-order valence-electron chi connectivity index (χ0n) is 14.0. The number of hydrogen-bond acceptors (Lipinski definition) is 6. The molecule has 0 saturated carbocycles. The molecule has 132 valence electrons. The third-order valence-electron chi connectivity index (χ3n) is 4.10. The first-order chi connectivity index (χ1) is 12.2.